The highest BCUT2D eigenvalue weighted by atomic mass is 32.2. The van der Waals surface area contributed by atoms with Crippen LogP contribution in [-0.4, -0.2) is 24.6 Å². The van der Waals surface area contributed by atoms with Crippen molar-refractivity contribution in [1.29, 1.82) is 0 Å². The van der Waals surface area contributed by atoms with Crippen molar-refractivity contribution >= 4 is 37.3 Å². The zero-order valence-corrected chi connectivity index (χ0v) is 18.8. The molecule has 3 aromatic rings. The molecule has 0 saturated heterocycles. The zero-order chi connectivity index (χ0) is 21.2. The van der Waals surface area contributed by atoms with Crippen LogP contribution in [0.2, 0.25) is 0 Å². The third kappa shape index (κ3) is 4.67. The van der Waals surface area contributed by atoms with Crippen LogP contribution in [-0.2, 0) is 27.6 Å². The van der Waals surface area contributed by atoms with Crippen LogP contribution in [0.4, 0.5) is 0 Å². The second-order valence-electron chi connectivity index (χ2n) is 7.24. The minimum atomic E-state index is -3.24. The molecule has 0 atom stereocenters. The summed E-state index contributed by atoms with van der Waals surface area (Å²) in [6, 6.07) is 12.9. The van der Waals surface area contributed by atoms with Crippen LogP contribution in [0.5, 0.6) is 0 Å². The van der Waals surface area contributed by atoms with Crippen LogP contribution in [0.25, 0.3) is 10.2 Å². The van der Waals surface area contributed by atoms with Gasteiger partial charge in [-0.05, 0) is 48.2 Å². The van der Waals surface area contributed by atoms with Gasteiger partial charge in [0.2, 0.25) is 0 Å². The van der Waals surface area contributed by atoms with Crippen LogP contribution >= 0.6 is 11.3 Å². The molecule has 0 unspecified atom stereocenters. The molecule has 0 bridgehead atoms. The van der Waals surface area contributed by atoms with E-state index in [4.69, 9.17) is 0 Å². The minimum Gasteiger partial charge on any atom is -0.317 e. The molecule has 7 heteroatoms. The van der Waals surface area contributed by atoms with Gasteiger partial charge < -0.3 is 4.57 Å². The number of aromatic nitrogens is 1. The number of benzene rings is 2. The maximum absolute atomic E-state index is 12.5. The summed E-state index contributed by atoms with van der Waals surface area (Å²) in [6.45, 7) is 8.71. The fourth-order valence-corrected chi connectivity index (χ4v) is 5.19. The topological polar surface area (TPSA) is 68.5 Å². The van der Waals surface area contributed by atoms with Crippen molar-refractivity contribution in [2.75, 3.05) is 5.75 Å². The Hall–Kier alpha value is -2.25. The van der Waals surface area contributed by atoms with Gasteiger partial charge in [0.15, 0.2) is 14.6 Å². The number of nitrogens with zero attached hydrogens (tertiary/aromatic N) is 2. The van der Waals surface area contributed by atoms with Crippen molar-refractivity contribution in [2.45, 2.75) is 51.5 Å². The highest BCUT2D eigenvalue weighted by Crippen LogP contribution is 2.23. The number of amides is 1. The number of rotatable bonds is 6. The minimum absolute atomic E-state index is 0.0576. The monoisotopic (exact) mass is 430 g/mol. The number of sulfone groups is 1. The van der Waals surface area contributed by atoms with Gasteiger partial charge in [0.25, 0.3) is 5.91 Å². The predicted octanol–water partition coefficient (Wildman–Crippen LogP) is 4.31. The molecule has 0 radical (unpaired) electrons. The van der Waals surface area contributed by atoms with Gasteiger partial charge in [-0.2, -0.15) is 4.99 Å². The van der Waals surface area contributed by atoms with Crippen LogP contribution in [0, 0.1) is 0 Å². The Morgan fingerprint density at radius 1 is 1.10 bits per heavy atom. The van der Waals surface area contributed by atoms with Crippen LogP contribution in [0.15, 0.2) is 52.4 Å². The van der Waals surface area contributed by atoms with Crippen LogP contribution in [0.1, 0.15) is 44.7 Å². The first-order valence-corrected chi connectivity index (χ1v) is 12.2. The Bertz CT molecular complexity index is 1200. The zero-order valence-electron chi connectivity index (χ0n) is 17.2. The van der Waals surface area contributed by atoms with Crippen molar-refractivity contribution in [2.24, 2.45) is 4.99 Å². The van der Waals surface area contributed by atoms with E-state index in [-0.39, 0.29) is 23.0 Å². The van der Waals surface area contributed by atoms with Gasteiger partial charge >= 0.3 is 0 Å². The second kappa shape index (κ2) is 8.63. The van der Waals surface area contributed by atoms with Gasteiger partial charge in [-0.25, -0.2) is 8.42 Å². The fourth-order valence-electron chi connectivity index (χ4n) is 3.14. The SMILES string of the molecule is CCn1c(=NC(=O)Cc2ccc(S(=O)(=O)CC)cc2)sc2cc(C(C)C)ccc21. The summed E-state index contributed by atoms with van der Waals surface area (Å²) in [6.07, 6.45) is 0.141. The summed E-state index contributed by atoms with van der Waals surface area (Å²) in [5.74, 6) is 0.259. The molecule has 0 aliphatic rings. The van der Waals surface area contributed by atoms with Crippen molar-refractivity contribution in [3.63, 3.8) is 0 Å². The molecule has 3 rings (SSSR count). The number of thiazole rings is 1. The predicted molar refractivity (Wildman–Crippen MR) is 118 cm³/mol. The molecule has 0 saturated carbocycles. The van der Waals surface area contributed by atoms with Crippen molar-refractivity contribution in [3.8, 4) is 0 Å². The Kier molecular flexibility index (Phi) is 6.39. The molecular formula is C22H26N2O3S2. The number of hydrogen-bond donors (Lipinski definition) is 0. The largest absolute Gasteiger partial charge is 0.317 e. The first-order valence-electron chi connectivity index (χ1n) is 9.77. The summed E-state index contributed by atoms with van der Waals surface area (Å²) >= 11 is 1.52. The van der Waals surface area contributed by atoms with Gasteiger partial charge in [-0.15, -0.1) is 0 Å². The number of hydrogen-bond acceptors (Lipinski definition) is 4. The van der Waals surface area contributed by atoms with Gasteiger partial charge in [0.05, 0.1) is 27.3 Å². The summed E-state index contributed by atoms with van der Waals surface area (Å²) in [7, 11) is -3.24. The highest BCUT2D eigenvalue weighted by molar-refractivity contribution is 7.91. The number of carbonyl (C=O) groups excluding carboxylic acids is 1. The fraction of sp³-hybridized carbons (Fsp3) is 0.364. The molecule has 1 heterocycles. The van der Waals surface area contributed by atoms with Gasteiger partial charge in [-0.3, -0.25) is 4.79 Å². The van der Waals surface area contributed by atoms with Gasteiger partial charge in [-0.1, -0.05) is 50.3 Å². The molecule has 0 fully saturated rings. The Morgan fingerprint density at radius 2 is 1.79 bits per heavy atom. The second-order valence-corrected chi connectivity index (χ2v) is 10.5. The quantitative estimate of drug-likeness (QED) is 0.585. The van der Waals surface area contributed by atoms with E-state index in [9.17, 15) is 13.2 Å². The van der Waals surface area contributed by atoms with E-state index >= 15 is 0 Å². The Balaban J connectivity index is 1.89. The Morgan fingerprint density at radius 3 is 2.38 bits per heavy atom. The summed E-state index contributed by atoms with van der Waals surface area (Å²) in [5.41, 5.74) is 3.10. The molecule has 0 aliphatic heterocycles. The van der Waals surface area contributed by atoms with Crippen molar-refractivity contribution < 1.29 is 13.2 Å². The lowest BCUT2D eigenvalue weighted by Gasteiger charge is -2.05. The van der Waals surface area contributed by atoms with E-state index in [0.717, 1.165) is 22.3 Å². The van der Waals surface area contributed by atoms with Crippen LogP contribution < -0.4 is 4.80 Å². The first kappa shape index (κ1) is 21.5. The van der Waals surface area contributed by atoms with Crippen molar-refractivity contribution in [3.05, 3.63) is 58.4 Å². The van der Waals surface area contributed by atoms with E-state index in [0.29, 0.717) is 10.7 Å². The van der Waals surface area contributed by atoms with E-state index in [1.54, 1.807) is 31.2 Å². The molecular weight excluding hydrogens is 404 g/mol. The summed E-state index contributed by atoms with van der Waals surface area (Å²) < 4.78 is 27.0. The Labute approximate surface area is 175 Å². The van der Waals surface area contributed by atoms with Gasteiger partial charge in [0, 0.05) is 6.54 Å². The lowest BCUT2D eigenvalue weighted by Crippen LogP contribution is -2.16. The van der Waals surface area contributed by atoms with E-state index in [1.165, 1.54) is 16.9 Å². The molecule has 2 aromatic carbocycles. The lowest BCUT2D eigenvalue weighted by atomic mass is 10.0. The maximum atomic E-state index is 12.5. The normalized spacial score (nSPS) is 12.8. The first-order chi connectivity index (χ1) is 13.7. The average Bonchev–Trinajstić information content (AvgIpc) is 3.04. The smallest absolute Gasteiger partial charge is 0.252 e. The van der Waals surface area contributed by atoms with Crippen molar-refractivity contribution in [1.82, 2.24) is 4.57 Å². The molecule has 0 spiro atoms. The van der Waals surface area contributed by atoms with Crippen LogP contribution in [0.3, 0.4) is 0 Å². The molecule has 1 amide bonds. The van der Waals surface area contributed by atoms with Gasteiger partial charge in [0.1, 0.15) is 0 Å². The average molecular weight is 431 g/mol. The van der Waals surface area contributed by atoms with E-state index in [1.807, 2.05) is 6.92 Å². The molecule has 1 aromatic heterocycles. The third-order valence-electron chi connectivity index (χ3n) is 4.93. The summed E-state index contributed by atoms with van der Waals surface area (Å²) in [5, 5.41) is 0. The molecule has 5 nitrogen and oxygen atoms in total. The maximum Gasteiger partial charge on any atom is 0.252 e. The number of aryl methyl sites for hydroxylation is 1. The number of carbonyl (C=O) groups is 1. The van der Waals surface area contributed by atoms with E-state index in [2.05, 4.69) is 41.6 Å². The third-order valence-corrected chi connectivity index (χ3v) is 7.72. The summed E-state index contributed by atoms with van der Waals surface area (Å²) in [4.78, 5) is 17.9. The molecule has 0 aliphatic carbocycles. The lowest BCUT2D eigenvalue weighted by molar-refractivity contribution is -0.117. The standard InChI is InChI=1S/C22H26N2O3S2/c1-5-24-19-12-9-17(15(3)4)14-20(19)28-22(24)23-21(25)13-16-7-10-18(11-8-16)29(26,27)6-2/h7-12,14-15H,5-6,13H2,1-4H3. The number of fused-ring (bicyclic) bond motifs is 1. The molecule has 0 N–H and O–H groups in total. The van der Waals surface area contributed by atoms with E-state index < -0.39 is 9.84 Å². The molecule has 29 heavy (non-hydrogen) atoms. The molecule has 154 valence electrons. The highest BCUT2D eigenvalue weighted by Gasteiger charge is 2.12.